The summed E-state index contributed by atoms with van der Waals surface area (Å²) in [4.78, 5) is 16.0. The van der Waals surface area contributed by atoms with Crippen LogP contribution in [0.25, 0.3) is 21.3 Å². The van der Waals surface area contributed by atoms with Gasteiger partial charge in [0.1, 0.15) is 0 Å². The molecule has 0 aliphatic heterocycles. The fourth-order valence-electron chi connectivity index (χ4n) is 2.73. The maximum absolute atomic E-state index is 11.3. The lowest BCUT2D eigenvalue weighted by Gasteiger charge is -2.13. The van der Waals surface area contributed by atoms with E-state index in [0.29, 0.717) is 5.02 Å². The summed E-state index contributed by atoms with van der Waals surface area (Å²) in [5, 5.41) is 11.0. The second-order valence-corrected chi connectivity index (χ2v) is 6.95. The Morgan fingerprint density at radius 2 is 2.00 bits per heavy atom. The minimum Gasteiger partial charge on any atom is -0.481 e. The van der Waals surface area contributed by atoms with Gasteiger partial charge < -0.3 is 5.11 Å². The van der Waals surface area contributed by atoms with Crippen LogP contribution < -0.4 is 0 Å². The van der Waals surface area contributed by atoms with E-state index in [-0.39, 0.29) is 6.42 Å². The molecule has 1 heterocycles. The van der Waals surface area contributed by atoms with E-state index in [9.17, 15) is 9.90 Å². The van der Waals surface area contributed by atoms with Crippen LogP contribution >= 0.6 is 22.9 Å². The molecule has 0 fully saturated rings. The highest BCUT2D eigenvalue weighted by atomic mass is 35.5. The quantitative estimate of drug-likeness (QED) is 0.714. The molecule has 5 heteroatoms. The van der Waals surface area contributed by atoms with Crippen LogP contribution in [0.1, 0.15) is 23.1 Å². The average Bonchev–Trinajstić information content (AvgIpc) is 2.91. The van der Waals surface area contributed by atoms with E-state index in [1.54, 1.807) is 11.3 Å². The summed E-state index contributed by atoms with van der Waals surface area (Å²) in [7, 11) is 0. The first kappa shape index (κ1) is 16.0. The number of carbonyl (C=O) groups is 1. The molecule has 1 N–H and O–H groups in total. The van der Waals surface area contributed by atoms with E-state index in [2.05, 4.69) is 11.9 Å². The molecule has 3 nitrogen and oxygen atoms in total. The molecule has 2 aromatic carbocycles. The van der Waals surface area contributed by atoms with Crippen molar-refractivity contribution in [3.05, 3.63) is 51.5 Å². The van der Waals surface area contributed by atoms with Gasteiger partial charge in [-0.2, -0.15) is 0 Å². The van der Waals surface area contributed by atoms with E-state index in [1.165, 1.54) is 0 Å². The predicted molar refractivity (Wildman–Crippen MR) is 95.5 cm³/mol. The Labute approximate surface area is 143 Å². The SMILES string of the molecule is CCc1nc2cc(C)c(CC(=O)O)c(-c3ccc(Cl)cc3)c2s1. The molecule has 0 amide bonds. The van der Waals surface area contributed by atoms with Gasteiger partial charge >= 0.3 is 5.97 Å². The smallest absolute Gasteiger partial charge is 0.307 e. The fourth-order valence-corrected chi connectivity index (χ4v) is 3.94. The molecule has 3 rings (SSSR count). The number of aryl methyl sites for hydroxylation is 2. The number of fused-ring (bicyclic) bond motifs is 1. The maximum atomic E-state index is 11.3. The molecular weight excluding hydrogens is 330 g/mol. The summed E-state index contributed by atoms with van der Waals surface area (Å²) in [5.41, 5.74) is 4.68. The Hall–Kier alpha value is -1.91. The van der Waals surface area contributed by atoms with Crippen molar-refractivity contribution in [2.45, 2.75) is 26.7 Å². The van der Waals surface area contributed by atoms with Crippen molar-refractivity contribution in [1.29, 1.82) is 0 Å². The van der Waals surface area contributed by atoms with E-state index in [0.717, 1.165) is 43.9 Å². The zero-order chi connectivity index (χ0) is 16.6. The summed E-state index contributed by atoms with van der Waals surface area (Å²) >= 11 is 7.63. The highest BCUT2D eigenvalue weighted by molar-refractivity contribution is 7.19. The number of aromatic nitrogens is 1. The first-order chi connectivity index (χ1) is 11.0. The summed E-state index contributed by atoms with van der Waals surface area (Å²) in [6, 6.07) is 9.53. The lowest BCUT2D eigenvalue weighted by Crippen LogP contribution is -2.04. The van der Waals surface area contributed by atoms with Gasteiger partial charge in [0.15, 0.2) is 0 Å². The topological polar surface area (TPSA) is 50.2 Å². The van der Waals surface area contributed by atoms with Gasteiger partial charge in [0, 0.05) is 10.6 Å². The predicted octanol–water partition coefficient (Wildman–Crippen LogP) is 5.11. The Morgan fingerprint density at radius 3 is 2.61 bits per heavy atom. The molecule has 0 unspecified atom stereocenters. The number of halogens is 1. The van der Waals surface area contributed by atoms with Crippen molar-refractivity contribution < 1.29 is 9.90 Å². The molecule has 0 spiro atoms. The van der Waals surface area contributed by atoms with Gasteiger partial charge in [0.2, 0.25) is 0 Å². The van der Waals surface area contributed by atoms with Crippen LogP contribution in [0.15, 0.2) is 30.3 Å². The molecule has 0 radical (unpaired) electrons. The minimum atomic E-state index is -0.831. The molecule has 0 saturated carbocycles. The van der Waals surface area contributed by atoms with E-state index in [1.807, 2.05) is 37.3 Å². The molecule has 3 aromatic rings. The van der Waals surface area contributed by atoms with Crippen LogP contribution in [0.5, 0.6) is 0 Å². The Bertz CT molecular complexity index is 884. The van der Waals surface area contributed by atoms with Crippen LogP contribution in [0, 0.1) is 6.92 Å². The summed E-state index contributed by atoms with van der Waals surface area (Å²) in [6.45, 7) is 4.02. The second-order valence-electron chi connectivity index (χ2n) is 5.43. The van der Waals surface area contributed by atoms with E-state index < -0.39 is 5.97 Å². The summed E-state index contributed by atoms with van der Waals surface area (Å²) in [5.74, 6) is -0.831. The minimum absolute atomic E-state index is 0.000901. The molecule has 1 aromatic heterocycles. The number of benzene rings is 2. The van der Waals surface area contributed by atoms with E-state index in [4.69, 9.17) is 11.6 Å². The highest BCUT2D eigenvalue weighted by Gasteiger charge is 2.18. The Kier molecular flexibility index (Phi) is 4.37. The van der Waals surface area contributed by atoms with Crippen LogP contribution in [0.4, 0.5) is 0 Å². The monoisotopic (exact) mass is 345 g/mol. The van der Waals surface area contributed by atoms with Gasteiger partial charge in [-0.3, -0.25) is 4.79 Å². The van der Waals surface area contributed by atoms with E-state index >= 15 is 0 Å². The van der Waals surface area contributed by atoms with Gasteiger partial charge in [0.05, 0.1) is 21.6 Å². The molecule has 0 saturated heterocycles. The molecule has 23 heavy (non-hydrogen) atoms. The Balaban J connectivity index is 2.34. The number of nitrogens with zero attached hydrogens (tertiary/aromatic N) is 1. The molecule has 0 atom stereocenters. The van der Waals surface area contributed by atoms with Crippen molar-refractivity contribution in [2.75, 3.05) is 0 Å². The summed E-state index contributed by atoms with van der Waals surface area (Å²) < 4.78 is 1.05. The van der Waals surface area contributed by atoms with Crippen molar-refractivity contribution in [3.63, 3.8) is 0 Å². The van der Waals surface area contributed by atoms with Crippen LogP contribution in [0.2, 0.25) is 5.02 Å². The molecule has 0 aliphatic carbocycles. The van der Waals surface area contributed by atoms with Crippen molar-refractivity contribution in [1.82, 2.24) is 4.98 Å². The van der Waals surface area contributed by atoms with Gasteiger partial charge in [-0.1, -0.05) is 30.7 Å². The average molecular weight is 346 g/mol. The van der Waals surface area contributed by atoms with Gasteiger partial charge in [-0.15, -0.1) is 11.3 Å². The third-order valence-corrected chi connectivity index (χ3v) is 5.30. The van der Waals surface area contributed by atoms with Crippen molar-refractivity contribution in [3.8, 4) is 11.1 Å². The van der Waals surface area contributed by atoms with Crippen LogP contribution in [-0.4, -0.2) is 16.1 Å². The number of thiazole rings is 1. The zero-order valence-electron chi connectivity index (χ0n) is 12.9. The van der Waals surface area contributed by atoms with Crippen molar-refractivity contribution >= 4 is 39.1 Å². The molecule has 0 aliphatic rings. The number of rotatable bonds is 4. The number of carboxylic acids is 1. The first-order valence-corrected chi connectivity index (χ1v) is 8.58. The lowest BCUT2D eigenvalue weighted by atomic mass is 9.93. The lowest BCUT2D eigenvalue weighted by molar-refractivity contribution is -0.136. The fraction of sp³-hybridized carbons (Fsp3) is 0.222. The third kappa shape index (κ3) is 3.09. The molecular formula is C18H16ClNO2S. The van der Waals surface area contributed by atoms with Gasteiger partial charge in [0.25, 0.3) is 0 Å². The normalized spacial score (nSPS) is 11.1. The second kappa shape index (κ2) is 6.30. The number of hydrogen-bond acceptors (Lipinski definition) is 3. The molecule has 0 bridgehead atoms. The van der Waals surface area contributed by atoms with Crippen LogP contribution in [0.3, 0.4) is 0 Å². The number of hydrogen-bond donors (Lipinski definition) is 1. The zero-order valence-corrected chi connectivity index (χ0v) is 14.5. The van der Waals surface area contributed by atoms with Gasteiger partial charge in [-0.25, -0.2) is 4.98 Å². The number of aliphatic carboxylic acids is 1. The third-order valence-electron chi connectivity index (χ3n) is 3.82. The molecule has 118 valence electrons. The maximum Gasteiger partial charge on any atom is 0.307 e. The van der Waals surface area contributed by atoms with Crippen molar-refractivity contribution in [2.24, 2.45) is 0 Å². The first-order valence-electron chi connectivity index (χ1n) is 7.39. The summed E-state index contributed by atoms with van der Waals surface area (Å²) in [6.07, 6.45) is 0.867. The largest absolute Gasteiger partial charge is 0.481 e. The highest BCUT2D eigenvalue weighted by Crippen LogP contribution is 2.38. The standard InChI is InChI=1S/C18H16ClNO2S/c1-3-15-20-14-8-10(2)13(9-16(21)22)17(18(14)23-15)11-4-6-12(19)7-5-11/h4-8H,3,9H2,1-2H3,(H,21,22). The number of carboxylic acid groups (broad SMARTS) is 1. The Morgan fingerprint density at radius 1 is 1.30 bits per heavy atom. The van der Waals surface area contributed by atoms with Gasteiger partial charge in [-0.05, 0) is 48.2 Å². The van der Waals surface area contributed by atoms with Crippen LogP contribution in [-0.2, 0) is 17.6 Å².